The maximum Gasteiger partial charge on any atom is 0.223 e. The fourth-order valence-corrected chi connectivity index (χ4v) is 3.65. The molecule has 1 unspecified atom stereocenters. The molecular formula is C27H24F2N2O2. The number of hydrogen-bond donors (Lipinski definition) is 0. The summed E-state index contributed by atoms with van der Waals surface area (Å²) >= 11 is 0. The van der Waals surface area contributed by atoms with Gasteiger partial charge in [0, 0.05) is 31.0 Å². The molecule has 33 heavy (non-hydrogen) atoms. The molecule has 0 spiro atoms. The molecule has 168 valence electrons. The Labute approximate surface area is 191 Å². The lowest BCUT2D eigenvalue weighted by Crippen LogP contribution is -2.30. The monoisotopic (exact) mass is 446 g/mol. The molecule has 0 aliphatic rings. The van der Waals surface area contributed by atoms with Crippen LogP contribution in [0.5, 0.6) is 0 Å². The van der Waals surface area contributed by atoms with E-state index in [1.54, 1.807) is 14.0 Å². The molecule has 0 radical (unpaired) electrons. The van der Waals surface area contributed by atoms with Gasteiger partial charge in [-0.15, -0.1) is 0 Å². The van der Waals surface area contributed by atoms with Crippen molar-refractivity contribution in [1.82, 2.24) is 9.88 Å². The highest BCUT2D eigenvalue weighted by molar-refractivity contribution is 5.78. The van der Waals surface area contributed by atoms with Crippen molar-refractivity contribution in [2.45, 2.75) is 25.8 Å². The maximum atomic E-state index is 13.6. The molecule has 0 saturated heterocycles. The van der Waals surface area contributed by atoms with Crippen molar-refractivity contribution in [2.24, 2.45) is 0 Å². The highest BCUT2D eigenvalue weighted by Crippen LogP contribution is 2.33. The van der Waals surface area contributed by atoms with Gasteiger partial charge in [-0.25, -0.2) is 13.8 Å². The number of aromatic nitrogens is 1. The zero-order chi connectivity index (χ0) is 23.4. The molecule has 0 bridgehead atoms. The number of halogens is 2. The van der Waals surface area contributed by atoms with Crippen LogP contribution in [0, 0.1) is 11.6 Å². The molecule has 1 atom stereocenters. The second kappa shape index (κ2) is 9.77. The van der Waals surface area contributed by atoms with E-state index < -0.39 is 17.7 Å². The Morgan fingerprint density at radius 2 is 1.58 bits per heavy atom. The van der Waals surface area contributed by atoms with Gasteiger partial charge in [0.15, 0.2) is 23.3 Å². The molecule has 0 aliphatic carbocycles. The third-order valence-electron chi connectivity index (χ3n) is 5.71. The fraction of sp³-hybridized carbons (Fsp3) is 0.185. The van der Waals surface area contributed by atoms with Gasteiger partial charge in [-0.1, -0.05) is 66.7 Å². The Kier molecular flexibility index (Phi) is 6.63. The van der Waals surface area contributed by atoms with E-state index in [0.29, 0.717) is 23.6 Å². The standard InChI is InChI=1S/C27H24F2N2O2/c1-18(21-13-14-22(28)23(29)17-21)31(2)25(32)16-15-24-30-26(19-9-5-3-6-10-19)27(33-24)20-11-7-4-8-12-20/h3-14,17-18H,15-16H2,1-2H3. The van der Waals surface area contributed by atoms with Crippen LogP contribution in [0.2, 0.25) is 0 Å². The van der Waals surface area contributed by atoms with Crippen molar-refractivity contribution >= 4 is 5.91 Å². The molecule has 0 aliphatic heterocycles. The number of aryl methyl sites for hydroxylation is 1. The molecular weight excluding hydrogens is 422 g/mol. The van der Waals surface area contributed by atoms with Crippen LogP contribution in [-0.4, -0.2) is 22.8 Å². The van der Waals surface area contributed by atoms with Gasteiger partial charge in [-0.05, 0) is 24.6 Å². The third-order valence-corrected chi connectivity index (χ3v) is 5.71. The molecule has 6 heteroatoms. The van der Waals surface area contributed by atoms with E-state index in [9.17, 15) is 13.6 Å². The van der Waals surface area contributed by atoms with Gasteiger partial charge >= 0.3 is 0 Å². The molecule has 4 rings (SSSR count). The lowest BCUT2D eigenvalue weighted by molar-refractivity contribution is -0.131. The van der Waals surface area contributed by atoms with Crippen LogP contribution in [0.4, 0.5) is 8.78 Å². The first kappa shape index (κ1) is 22.4. The van der Waals surface area contributed by atoms with Gasteiger partial charge in [-0.2, -0.15) is 0 Å². The molecule has 4 nitrogen and oxygen atoms in total. The van der Waals surface area contributed by atoms with E-state index in [1.807, 2.05) is 60.7 Å². The fourth-order valence-electron chi connectivity index (χ4n) is 3.65. The highest BCUT2D eigenvalue weighted by Gasteiger charge is 2.21. The summed E-state index contributed by atoms with van der Waals surface area (Å²) in [4.78, 5) is 19.0. The van der Waals surface area contributed by atoms with E-state index in [-0.39, 0.29) is 12.3 Å². The number of amides is 1. The summed E-state index contributed by atoms with van der Waals surface area (Å²) in [7, 11) is 1.65. The Morgan fingerprint density at radius 1 is 0.939 bits per heavy atom. The molecule has 0 fully saturated rings. The van der Waals surface area contributed by atoms with Crippen molar-refractivity contribution in [3.8, 4) is 22.6 Å². The zero-order valence-electron chi connectivity index (χ0n) is 18.5. The Hall–Kier alpha value is -3.80. The van der Waals surface area contributed by atoms with Crippen LogP contribution in [0.15, 0.2) is 83.3 Å². The minimum Gasteiger partial charge on any atom is -0.440 e. The third kappa shape index (κ3) is 5.00. The molecule has 1 aromatic heterocycles. The second-order valence-electron chi connectivity index (χ2n) is 7.87. The molecule has 0 N–H and O–H groups in total. The van der Waals surface area contributed by atoms with Crippen molar-refractivity contribution < 1.29 is 18.0 Å². The van der Waals surface area contributed by atoms with Gasteiger partial charge in [0.05, 0.1) is 6.04 Å². The molecule has 1 heterocycles. The largest absolute Gasteiger partial charge is 0.440 e. The van der Waals surface area contributed by atoms with Crippen LogP contribution >= 0.6 is 0 Å². The van der Waals surface area contributed by atoms with Crippen molar-refractivity contribution in [3.63, 3.8) is 0 Å². The summed E-state index contributed by atoms with van der Waals surface area (Å²) in [5, 5.41) is 0. The molecule has 4 aromatic rings. The number of benzene rings is 3. The smallest absolute Gasteiger partial charge is 0.223 e. The van der Waals surface area contributed by atoms with E-state index in [4.69, 9.17) is 4.42 Å². The van der Waals surface area contributed by atoms with Gasteiger partial charge in [0.25, 0.3) is 0 Å². The van der Waals surface area contributed by atoms with Crippen molar-refractivity contribution in [2.75, 3.05) is 7.05 Å². The van der Waals surface area contributed by atoms with Gasteiger partial charge in [0.2, 0.25) is 5.91 Å². The maximum absolute atomic E-state index is 13.6. The Morgan fingerprint density at radius 3 is 2.21 bits per heavy atom. The average molecular weight is 446 g/mol. The molecule has 0 saturated carbocycles. The Bertz CT molecular complexity index is 1180. The van der Waals surface area contributed by atoms with Gasteiger partial charge < -0.3 is 9.32 Å². The van der Waals surface area contributed by atoms with Crippen LogP contribution < -0.4 is 0 Å². The van der Waals surface area contributed by atoms with E-state index in [1.165, 1.54) is 11.0 Å². The van der Waals surface area contributed by atoms with Gasteiger partial charge in [-0.3, -0.25) is 4.79 Å². The van der Waals surface area contributed by atoms with Crippen LogP contribution in [0.3, 0.4) is 0 Å². The minimum absolute atomic E-state index is 0.145. The number of carbonyl (C=O) groups excluding carboxylic acids is 1. The summed E-state index contributed by atoms with van der Waals surface area (Å²) < 4.78 is 32.9. The van der Waals surface area contributed by atoms with E-state index >= 15 is 0 Å². The van der Waals surface area contributed by atoms with Crippen molar-refractivity contribution in [1.29, 1.82) is 0 Å². The average Bonchev–Trinajstić information content (AvgIpc) is 3.29. The van der Waals surface area contributed by atoms with Crippen LogP contribution in [-0.2, 0) is 11.2 Å². The normalized spacial score (nSPS) is 11.9. The zero-order valence-corrected chi connectivity index (χ0v) is 18.5. The first-order chi connectivity index (χ1) is 15.9. The van der Waals surface area contributed by atoms with Crippen molar-refractivity contribution in [3.05, 3.63) is 102 Å². The molecule has 1 amide bonds. The predicted octanol–water partition coefficient (Wildman–Crippen LogP) is 6.44. The van der Waals surface area contributed by atoms with E-state index in [2.05, 4.69) is 4.98 Å². The number of rotatable bonds is 7. The SMILES string of the molecule is CC(c1ccc(F)c(F)c1)N(C)C(=O)CCc1nc(-c2ccccc2)c(-c2ccccc2)o1. The Balaban J connectivity index is 1.51. The lowest BCUT2D eigenvalue weighted by Gasteiger charge is -2.25. The summed E-state index contributed by atoms with van der Waals surface area (Å²) in [6.07, 6.45) is 0.494. The number of oxazole rings is 1. The molecule has 3 aromatic carbocycles. The highest BCUT2D eigenvalue weighted by atomic mass is 19.2. The number of nitrogens with zero attached hydrogens (tertiary/aromatic N) is 2. The predicted molar refractivity (Wildman–Crippen MR) is 123 cm³/mol. The summed E-state index contributed by atoms with van der Waals surface area (Å²) in [6, 6.07) is 22.8. The number of carbonyl (C=O) groups is 1. The minimum atomic E-state index is -0.929. The lowest BCUT2D eigenvalue weighted by atomic mass is 10.1. The van der Waals surface area contributed by atoms with Gasteiger partial charge in [0.1, 0.15) is 5.69 Å². The van der Waals surface area contributed by atoms with Crippen LogP contribution in [0.1, 0.15) is 30.8 Å². The first-order valence-electron chi connectivity index (χ1n) is 10.7. The topological polar surface area (TPSA) is 46.3 Å². The first-order valence-corrected chi connectivity index (χ1v) is 10.7. The summed E-state index contributed by atoms with van der Waals surface area (Å²) in [6.45, 7) is 1.77. The summed E-state index contributed by atoms with van der Waals surface area (Å²) in [5.41, 5.74) is 3.10. The van der Waals surface area contributed by atoms with E-state index in [0.717, 1.165) is 29.0 Å². The number of hydrogen-bond acceptors (Lipinski definition) is 3. The van der Waals surface area contributed by atoms with Crippen LogP contribution in [0.25, 0.3) is 22.6 Å². The second-order valence-corrected chi connectivity index (χ2v) is 7.87. The summed E-state index contributed by atoms with van der Waals surface area (Å²) in [5.74, 6) is -0.857. The quantitative estimate of drug-likeness (QED) is 0.328.